The maximum absolute atomic E-state index is 13.1. The van der Waals surface area contributed by atoms with Crippen molar-refractivity contribution < 1.29 is 9.59 Å². The molecule has 0 atom stereocenters. The minimum atomic E-state index is -0.542. The van der Waals surface area contributed by atoms with Gasteiger partial charge in [0.15, 0.2) is 5.11 Å². The monoisotopic (exact) mass is 501 g/mol. The van der Waals surface area contributed by atoms with Crippen LogP contribution in [0.5, 0.6) is 0 Å². The van der Waals surface area contributed by atoms with Gasteiger partial charge in [-0.15, -0.1) is 6.58 Å². The van der Waals surface area contributed by atoms with E-state index in [4.69, 9.17) is 35.4 Å². The smallest absolute Gasteiger partial charge is 0.265 e. The van der Waals surface area contributed by atoms with Crippen molar-refractivity contribution in [3.63, 3.8) is 0 Å². The van der Waals surface area contributed by atoms with Crippen LogP contribution in [0.2, 0.25) is 10.0 Å². The third-order valence-electron chi connectivity index (χ3n) is 4.99. The Labute approximate surface area is 204 Å². The first-order valence-corrected chi connectivity index (χ1v) is 11.5. The topological polar surface area (TPSA) is 54.3 Å². The number of nitrogens with one attached hydrogen (secondary N) is 1. The van der Waals surface area contributed by atoms with Gasteiger partial charge in [0.2, 0.25) is 0 Å². The highest BCUT2D eigenvalue weighted by molar-refractivity contribution is 7.99. The number of amides is 2. The number of thiocarbonyl (C=S) groups is 1. The summed E-state index contributed by atoms with van der Waals surface area (Å²) in [5, 5.41) is 5.35. The normalized spacial score (nSPS) is 15.5. The lowest BCUT2D eigenvalue weighted by molar-refractivity contribution is -0.128. The van der Waals surface area contributed by atoms with Gasteiger partial charge in [-0.05, 0) is 36.5 Å². The Bertz CT molecular complexity index is 1310. The van der Waals surface area contributed by atoms with Crippen molar-refractivity contribution >= 4 is 81.1 Å². The fraction of sp³-hybridized carbons (Fsp3) is 0.0870. The molecule has 1 fully saturated rings. The van der Waals surface area contributed by atoms with Gasteiger partial charge in [0.25, 0.3) is 11.8 Å². The zero-order valence-corrected chi connectivity index (χ0v) is 20.0. The van der Waals surface area contributed by atoms with Gasteiger partial charge in [0.05, 0.1) is 20.0 Å². The van der Waals surface area contributed by atoms with Gasteiger partial charge in [0.1, 0.15) is 5.57 Å². The number of hydrogen-bond acceptors (Lipinski definition) is 4. The highest BCUT2D eigenvalue weighted by Gasteiger charge is 2.33. The van der Waals surface area contributed by atoms with Crippen molar-refractivity contribution in [1.82, 2.24) is 14.8 Å². The molecule has 1 aliphatic rings. The number of rotatable bonds is 5. The standard InChI is InChI=1S/C23H17Cl2N3O2S2/c1-3-11-28-21(30)15(20(29)26-23(28)31)12-14-13-7-4-5-10-18(13)27(2)22(14)32-19-16(24)8-6-9-17(19)25/h3-10,12H,1,11H2,2H3,(H,26,29,31)/b15-12+. The molecular formula is C23H17Cl2N3O2S2. The summed E-state index contributed by atoms with van der Waals surface area (Å²) >= 11 is 19.4. The summed E-state index contributed by atoms with van der Waals surface area (Å²) in [6, 6.07) is 13.1. The first-order valence-electron chi connectivity index (χ1n) is 9.52. The number of carbonyl (C=O) groups is 2. The summed E-state index contributed by atoms with van der Waals surface area (Å²) in [6.07, 6.45) is 3.16. The number of carbonyl (C=O) groups excluding carboxylic acids is 2. The van der Waals surface area contributed by atoms with Crippen molar-refractivity contribution in [2.75, 3.05) is 6.54 Å². The zero-order chi connectivity index (χ0) is 23.0. The Hall–Kier alpha value is -2.58. The molecule has 1 aromatic heterocycles. The van der Waals surface area contributed by atoms with Gasteiger partial charge in [-0.1, -0.05) is 65.3 Å². The summed E-state index contributed by atoms with van der Waals surface area (Å²) in [6.45, 7) is 3.85. The van der Waals surface area contributed by atoms with Crippen molar-refractivity contribution in [3.05, 3.63) is 76.3 Å². The summed E-state index contributed by atoms with van der Waals surface area (Å²) in [4.78, 5) is 27.8. The average Bonchev–Trinajstić information content (AvgIpc) is 3.02. The molecule has 0 saturated carbocycles. The number of benzene rings is 2. The van der Waals surface area contributed by atoms with Crippen LogP contribution in [0, 0.1) is 0 Å². The van der Waals surface area contributed by atoms with Crippen molar-refractivity contribution in [2.45, 2.75) is 9.92 Å². The van der Waals surface area contributed by atoms with E-state index in [2.05, 4.69) is 11.9 Å². The number of aromatic nitrogens is 1. The zero-order valence-electron chi connectivity index (χ0n) is 16.9. The van der Waals surface area contributed by atoms with Crippen LogP contribution in [-0.2, 0) is 16.6 Å². The van der Waals surface area contributed by atoms with Gasteiger partial charge >= 0.3 is 0 Å². The molecule has 162 valence electrons. The van der Waals surface area contributed by atoms with Crippen molar-refractivity contribution in [2.24, 2.45) is 7.05 Å². The van der Waals surface area contributed by atoms with Crippen LogP contribution < -0.4 is 5.32 Å². The second-order valence-corrected chi connectivity index (χ2v) is 9.17. The first kappa shape index (κ1) is 22.6. The molecule has 2 aromatic carbocycles. The van der Waals surface area contributed by atoms with Crippen LogP contribution >= 0.6 is 47.2 Å². The quantitative estimate of drug-likeness (QED) is 0.218. The fourth-order valence-electron chi connectivity index (χ4n) is 3.47. The minimum Gasteiger partial charge on any atom is -0.338 e. The maximum atomic E-state index is 13.1. The molecular weight excluding hydrogens is 485 g/mol. The number of aryl methyl sites for hydroxylation is 1. The van der Waals surface area contributed by atoms with E-state index in [0.29, 0.717) is 20.5 Å². The number of fused-ring (bicyclic) bond motifs is 1. The molecule has 1 N–H and O–H groups in total. The third kappa shape index (κ3) is 3.97. The summed E-state index contributed by atoms with van der Waals surface area (Å²) in [5.41, 5.74) is 1.64. The minimum absolute atomic E-state index is 0.0103. The van der Waals surface area contributed by atoms with Gasteiger partial charge in [-0.3, -0.25) is 19.8 Å². The van der Waals surface area contributed by atoms with Gasteiger partial charge in [0, 0.05) is 30.1 Å². The number of halogens is 2. The summed E-state index contributed by atoms with van der Waals surface area (Å²) in [5.74, 6) is -1.02. The molecule has 32 heavy (non-hydrogen) atoms. The molecule has 9 heteroatoms. The highest BCUT2D eigenvalue weighted by Crippen LogP contribution is 2.43. The second kappa shape index (κ2) is 9.11. The van der Waals surface area contributed by atoms with Gasteiger partial charge < -0.3 is 4.57 Å². The van der Waals surface area contributed by atoms with Crippen LogP contribution in [0.25, 0.3) is 17.0 Å². The molecule has 3 aromatic rings. The Morgan fingerprint density at radius 2 is 1.81 bits per heavy atom. The van der Waals surface area contributed by atoms with E-state index in [9.17, 15) is 9.59 Å². The van der Waals surface area contributed by atoms with Crippen LogP contribution in [0.1, 0.15) is 5.56 Å². The summed E-state index contributed by atoms with van der Waals surface area (Å²) in [7, 11) is 1.92. The average molecular weight is 502 g/mol. The van der Waals surface area contributed by atoms with E-state index >= 15 is 0 Å². The second-order valence-electron chi connectivity index (χ2n) is 6.97. The van der Waals surface area contributed by atoms with E-state index < -0.39 is 11.8 Å². The lowest BCUT2D eigenvalue weighted by atomic mass is 10.1. The molecule has 0 bridgehead atoms. The highest BCUT2D eigenvalue weighted by atomic mass is 35.5. The third-order valence-corrected chi connectivity index (χ3v) is 7.50. The Kier molecular flexibility index (Phi) is 6.44. The SMILES string of the molecule is C=CCN1C(=O)/C(=C/c2c(Sc3c(Cl)cccc3Cl)n(C)c3ccccc23)C(=O)NC1=S. The molecule has 1 aliphatic heterocycles. The number of para-hydroxylation sites is 1. The molecule has 0 spiro atoms. The Balaban J connectivity index is 1.91. The van der Waals surface area contributed by atoms with Gasteiger partial charge in [-0.25, -0.2) is 0 Å². The molecule has 0 aliphatic carbocycles. The molecule has 4 rings (SSSR count). The van der Waals surface area contributed by atoms with Gasteiger partial charge in [-0.2, -0.15) is 0 Å². The predicted molar refractivity (Wildman–Crippen MR) is 134 cm³/mol. The molecule has 0 unspecified atom stereocenters. The molecule has 0 radical (unpaired) electrons. The maximum Gasteiger partial charge on any atom is 0.265 e. The lowest BCUT2D eigenvalue weighted by Gasteiger charge is -2.27. The van der Waals surface area contributed by atoms with E-state index in [-0.39, 0.29) is 17.2 Å². The molecule has 5 nitrogen and oxygen atoms in total. The van der Waals surface area contributed by atoms with Crippen LogP contribution in [0.15, 0.2) is 70.6 Å². The van der Waals surface area contributed by atoms with Crippen LogP contribution in [0.4, 0.5) is 0 Å². The van der Waals surface area contributed by atoms with Crippen LogP contribution in [0.3, 0.4) is 0 Å². The summed E-state index contributed by atoms with van der Waals surface area (Å²) < 4.78 is 1.99. The van der Waals surface area contributed by atoms with Crippen molar-refractivity contribution in [3.8, 4) is 0 Å². The van der Waals surface area contributed by atoms with Crippen molar-refractivity contribution in [1.29, 1.82) is 0 Å². The van der Waals surface area contributed by atoms with Crippen LogP contribution in [-0.4, -0.2) is 32.9 Å². The lowest BCUT2D eigenvalue weighted by Crippen LogP contribution is -2.53. The van der Waals surface area contributed by atoms with E-state index in [1.807, 2.05) is 35.9 Å². The number of nitrogens with zero attached hydrogens (tertiary/aromatic N) is 2. The van der Waals surface area contributed by atoms with E-state index in [1.54, 1.807) is 30.4 Å². The van der Waals surface area contributed by atoms with E-state index in [0.717, 1.165) is 15.9 Å². The molecule has 2 heterocycles. The Morgan fingerprint density at radius 1 is 1.12 bits per heavy atom. The number of hydrogen-bond donors (Lipinski definition) is 1. The first-order chi connectivity index (χ1) is 15.3. The molecule has 1 saturated heterocycles. The van der Waals surface area contributed by atoms with E-state index in [1.165, 1.54) is 16.7 Å². The Morgan fingerprint density at radius 3 is 2.50 bits per heavy atom. The predicted octanol–water partition coefficient (Wildman–Crippen LogP) is 5.45. The fourth-order valence-corrected chi connectivity index (χ4v) is 5.39. The molecule has 2 amide bonds. The largest absolute Gasteiger partial charge is 0.338 e.